The van der Waals surface area contributed by atoms with Gasteiger partial charge in [-0.05, 0) is 23.3 Å². The van der Waals surface area contributed by atoms with E-state index in [9.17, 15) is 9.90 Å². The summed E-state index contributed by atoms with van der Waals surface area (Å²) < 4.78 is 5.02. The molecule has 2 aromatic carbocycles. The number of carbonyl (C=O) groups excluding carboxylic acids is 1. The second-order valence-electron chi connectivity index (χ2n) is 5.16. The van der Waals surface area contributed by atoms with Gasteiger partial charge in [0.1, 0.15) is 5.75 Å². The zero-order valence-corrected chi connectivity index (χ0v) is 12.7. The number of aliphatic hydroxyl groups excluding tert-OH is 1. The minimum Gasteiger partial charge on any atom is -0.427 e. The SMILES string of the molecule is CC(=O)Oc1ccc(CN(CCO)Cc2ccccc2)cc1. The van der Waals surface area contributed by atoms with E-state index in [0.717, 1.165) is 18.7 Å². The Morgan fingerprint density at radius 2 is 1.59 bits per heavy atom. The summed E-state index contributed by atoms with van der Waals surface area (Å²) >= 11 is 0. The fraction of sp³-hybridized carbons (Fsp3) is 0.278. The number of benzene rings is 2. The number of ether oxygens (including phenoxy) is 1. The van der Waals surface area contributed by atoms with Gasteiger partial charge >= 0.3 is 5.97 Å². The lowest BCUT2D eigenvalue weighted by Gasteiger charge is -2.21. The summed E-state index contributed by atoms with van der Waals surface area (Å²) in [5.41, 5.74) is 2.33. The van der Waals surface area contributed by atoms with Gasteiger partial charge < -0.3 is 9.84 Å². The first-order chi connectivity index (χ1) is 10.7. The van der Waals surface area contributed by atoms with Crippen molar-refractivity contribution in [3.05, 3.63) is 65.7 Å². The van der Waals surface area contributed by atoms with Gasteiger partial charge in [-0.15, -0.1) is 0 Å². The zero-order valence-electron chi connectivity index (χ0n) is 12.7. The standard InChI is InChI=1S/C18H21NO3/c1-15(21)22-18-9-7-17(8-10-18)14-19(11-12-20)13-16-5-3-2-4-6-16/h2-10,20H,11-14H2,1H3. The van der Waals surface area contributed by atoms with Gasteiger partial charge in [-0.25, -0.2) is 0 Å². The smallest absolute Gasteiger partial charge is 0.308 e. The van der Waals surface area contributed by atoms with Gasteiger partial charge in [0.25, 0.3) is 0 Å². The van der Waals surface area contributed by atoms with Crippen LogP contribution in [-0.4, -0.2) is 29.1 Å². The first kappa shape index (κ1) is 16.2. The second-order valence-corrected chi connectivity index (χ2v) is 5.16. The quantitative estimate of drug-likeness (QED) is 0.631. The molecule has 2 rings (SSSR count). The molecule has 0 radical (unpaired) electrons. The van der Waals surface area contributed by atoms with E-state index < -0.39 is 0 Å². The molecule has 0 aliphatic rings. The number of esters is 1. The van der Waals surface area contributed by atoms with Crippen LogP contribution in [0.25, 0.3) is 0 Å². The van der Waals surface area contributed by atoms with Crippen LogP contribution >= 0.6 is 0 Å². The number of aliphatic hydroxyl groups is 1. The fourth-order valence-electron chi connectivity index (χ4n) is 2.28. The fourth-order valence-corrected chi connectivity index (χ4v) is 2.28. The molecule has 1 N–H and O–H groups in total. The molecule has 2 aromatic rings. The Labute approximate surface area is 131 Å². The highest BCUT2D eigenvalue weighted by molar-refractivity contribution is 5.69. The lowest BCUT2D eigenvalue weighted by atomic mass is 10.1. The van der Waals surface area contributed by atoms with Crippen molar-refractivity contribution < 1.29 is 14.6 Å². The van der Waals surface area contributed by atoms with E-state index in [2.05, 4.69) is 17.0 Å². The number of hydrogen-bond donors (Lipinski definition) is 1. The third-order valence-electron chi connectivity index (χ3n) is 3.26. The maximum absolute atomic E-state index is 10.9. The molecular formula is C18H21NO3. The third kappa shape index (κ3) is 5.31. The van der Waals surface area contributed by atoms with Crippen LogP contribution in [0.2, 0.25) is 0 Å². The van der Waals surface area contributed by atoms with Crippen LogP contribution in [0.3, 0.4) is 0 Å². The third-order valence-corrected chi connectivity index (χ3v) is 3.26. The molecule has 0 aliphatic carbocycles. The molecule has 22 heavy (non-hydrogen) atoms. The molecule has 0 atom stereocenters. The van der Waals surface area contributed by atoms with Crippen LogP contribution in [0.5, 0.6) is 5.75 Å². The van der Waals surface area contributed by atoms with Crippen LogP contribution in [0, 0.1) is 0 Å². The van der Waals surface area contributed by atoms with Gasteiger partial charge in [0.15, 0.2) is 0 Å². The van der Waals surface area contributed by atoms with Crippen molar-refractivity contribution in [1.29, 1.82) is 0 Å². The van der Waals surface area contributed by atoms with Crippen molar-refractivity contribution in [3.8, 4) is 5.75 Å². The minimum absolute atomic E-state index is 0.123. The normalized spacial score (nSPS) is 10.7. The summed E-state index contributed by atoms with van der Waals surface area (Å²) in [6.45, 7) is 3.64. The molecule has 0 saturated carbocycles. The Morgan fingerprint density at radius 3 is 2.14 bits per heavy atom. The van der Waals surface area contributed by atoms with E-state index >= 15 is 0 Å². The predicted molar refractivity (Wildman–Crippen MR) is 85.4 cm³/mol. The molecule has 116 valence electrons. The van der Waals surface area contributed by atoms with E-state index in [4.69, 9.17) is 4.74 Å². The molecule has 0 saturated heterocycles. The van der Waals surface area contributed by atoms with Crippen molar-refractivity contribution in [2.75, 3.05) is 13.2 Å². The van der Waals surface area contributed by atoms with Gasteiger partial charge in [-0.3, -0.25) is 9.69 Å². The zero-order chi connectivity index (χ0) is 15.8. The van der Waals surface area contributed by atoms with Crippen LogP contribution in [0.1, 0.15) is 18.1 Å². The van der Waals surface area contributed by atoms with Crippen molar-refractivity contribution in [2.45, 2.75) is 20.0 Å². The highest BCUT2D eigenvalue weighted by atomic mass is 16.5. The summed E-state index contributed by atoms with van der Waals surface area (Å²) in [6.07, 6.45) is 0. The maximum atomic E-state index is 10.9. The lowest BCUT2D eigenvalue weighted by Crippen LogP contribution is -2.26. The van der Waals surface area contributed by atoms with Crippen molar-refractivity contribution in [3.63, 3.8) is 0 Å². The van der Waals surface area contributed by atoms with Gasteiger partial charge in [0.2, 0.25) is 0 Å². The minimum atomic E-state index is -0.321. The first-order valence-corrected chi connectivity index (χ1v) is 7.32. The molecule has 0 unspecified atom stereocenters. The molecule has 4 heteroatoms. The van der Waals surface area contributed by atoms with E-state index in [1.807, 2.05) is 30.3 Å². The number of carbonyl (C=O) groups is 1. The molecular weight excluding hydrogens is 278 g/mol. The summed E-state index contributed by atoms with van der Waals surface area (Å²) in [7, 11) is 0. The monoisotopic (exact) mass is 299 g/mol. The molecule has 0 amide bonds. The molecule has 0 heterocycles. The van der Waals surface area contributed by atoms with Gasteiger partial charge in [0.05, 0.1) is 6.61 Å². The van der Waals surface area contributed by atoms with Crippen molar-refractivity contribution >= 4 is 5.97 Å². The topological polar surface area (TPSA) is 49.8 Å². The average Bonchev–Trinajstić information content (AvgIpc) is 2.50. The van der Waals surface area contributed by atoms with E-state index in [0.29, 0.717) is 12.3 Å². The van der Waals surface area contributed by atoms with E-state index in [1.54, 1.807) is 12.1 Å². The number of rotatable bonds is 7. The molecule has 0 aromatic heterocycles. The first-order valence-electron chi connectivity index (χ1n) is 7.32. The summed E-state index contributed by atoms with van der Waals surface area (Å²) in [4.78, 5) is 13.1. The number of hydrogen-bond acceptors (Lipinski definition) is 4. The Kier molecular flexibility index (Phi) is 6.13. The predicted octanol–water partition coefficient (Wildman–Crippen LogP) is 2.61. The summed E-state index contributed by atoms with van der Waals surface area (Å²) in [5, 5.41) is 9.24. The maximum Gasteiger partial charge on any atom is 0.308 e. The summed E-state index contributed by atoms with van der Waals surface area (Å²) in [6, 6.07) is 17.6. The second kappa shape index (κ2) is 8.32. The Morgan fingerprint density at radius 1 is 1.00 bits per heavy atom. The average molecular weight is 299 g/mol. The molecule has 0 spiro atoms. The largest absolute Gasteiger partial charge is 0.427 e. The van der Waals surface area contributed by atoms with Gasteiger partial charge in [0, 0.05) is 26.6 Å². The summed E-state index contributed by atoms with van der Waals surface area (Å²) in [5.74, 6) is 0.228. The van der Waals surface area contributed by atoms with Gasteiger partial charge in [-0.1, -0.05) is 42.5 Å². The number of nitrogens with zero attached hydrogens (tertiary/aromatic N) is 1. The molecule has 0 fully saturated rings. The van der Waals surface area contributed by atoms with Crippen molar-refractivity contribution in [1.82, 2.24) is 4.90 Å². The highest BCUT2D eigenvalue weighted by Crippen LogP contribution is 2.15. The van der Waals surface area contributed by atoms with Crippen molar-refractivity contribution in [2.24, 2.45) is 0 Å². The van der Waals surface area contributed by atoms with E-state index in [1.165, 1.54) is 12.5 Å². The van der Waals surface area contributed by atoms with E-state index in [-0.39, 0.29) is 12.6 Å². The highest BCUT2D eigenvalue weighted by Gasteiger charge is 2.07. The lowest BCUT2D eigenvalue weighted by molar-refractivity contribution is -0.131. The molecule has 0 aliphatic heterocycles. The Balaban J connectivity index is 1.99. The van der Waals surface area contributed by atoms with Crippen LogP contribution in [0.15, 0.2) is 54.6 Å². The van der Waals surface area contributed by atoms with Gasteiger partial charge in [-0.2, -0.15) is 0 Å². The Hall–Kier alpha value is -2.17. The van der Waals surface area contributed by atoms with Crippen LogP contribution in [-0.2, 0) is 17.9 Å². The van der Waals surface area contributed by atoms with Crippen LogP contribution in [0.4, 0.5) is 0 Å². The molecule has 0 bridgehead atoms. The Bertz CT molecular complexity index is 581. The molecule has 4 nitrogen and oxygen atoms in total. The van der Waals surface area contributed by atoms with Crippen LogP contribution < -0.4 is 4.74 Å².